The number of carbonyl (C=O) groups is 2. The zero-order chi connectivity index (χ0) is 47.4. The van der Waals surface area contributed by atoms with Gasteiger partial charge in [-0.1, -0.05) is 248 Å². The first-order chi connectivity index (χ1) is 32.0. The number of hydrogen-bond donors (Lipinski definition) is 3. The number of hydrogen-bond acceptors (Lipinski definition) is 5. The first-order valence-corrected chi connectivity index (χ1v) is 27.7. The molecule has 65 heavy (non-hydrogen) atoms. The predicted molar refractivity (Wildman–Crippen MR) is 282 cm³/mol. The average Bonchev–Trinajstić information content (AvgIpc) is 3.30. The Morgan fingerprint density at radius 2 is 0.862 bits per heavy atom. The smallest absolute Gasteiger partial charge is 0.306 e. The van der Waals surface area contributed by atoms with Gasteiger partial charge in [-0.3, -0.25) is 9.59 Å². The van der Waals surface area contributed by atoms with Crippen molar-refractivity contribution < 1.29 is 24.5 Å². The maximum Gasteiger partial charge on any atom is 0.306 e. The van der Waals surface area contributed by atoms with Crippen molar-refractivity contribution in [2.45, 2.75) is 283 Å². The second-order valence-corrected chi connectivity index (χ2v) is 18.7. The molecule has 6 nitrogen and oxygen atoms in total. The molecule has 376 valence electrons. The van der Waals surface area contributed by atoms with Crippen LogP contribution in [0.4, 0.5) is 0 Å². The number of amides is 1. The van der Waals surface area contributed by atoms with E-state index in [9.17, 15) is 19.8 Å². The van der Waals surface area contributed by atoms with Gasteiger partial charge in [-0.25, -0.2) is 0 Å². The Morgan fingerprint density at radius 1 is 0.477 bits per heavy atom. The number of aliphatic hydroxyl groups is 2. The Morgan fingerprint density at radius 3 is 1.35 bits per heavy atom. The summed E-state index contributed by atoms with van der Waals surface area (Å²) in [6, 6.07) is -0.736. The molecule has 0 bridgehead atoms. The van der Waals surface area contributed by atoms with Crippen LogP contribution in [0.3, 0.4) is 0 Å². The van der Waals surface area contributed by atoms with Crippen molar-refractivity contribution in [1.82, 2.24) is 5.32 Å². The van der Waals surface area contributed by atoms with Crippen molar-refractivity contribution in [3.8, 4) is 0 Å². The van der Waals surface area contributed by atoms with E-state index in [1.165, 1.54) is 154 Å². The van der Waals surface area contributed by atoms with E-state index in [2.05, 4.69) is 92.9 Å². The van der Waals surface area contributed by atoms with Crippen LogP contribution in [-0.4, -0.2) is 46.9 Å². The summed E-state index contributed by atoms with van der Waals surface area (Å²) >= 11 is 0. The SMILES string of the molecule is CCCCC/C=C\C/C=C\C/C=C\C/C=C\CC(CC(=O)NC(CO)C(O)CCCCCCCCCCCCCCCCCC)OC(=O)CCCCCCCC/C=C/C=C/CCCCC. The first kappa shape index (κ1) is 62.3. The Kier molecular flexibility index (Phi) is 50.1. The van der Waals surface area contributed by atoms with Crippen LogP contribution in [0.1, 0.15) is 265 Å². The first-order valence-electron chi connectivity index (χ1n) is 27.7. The van der Waals surface area contributed by atoms with Crippen LogP contribution in [0.2, 0.25) is 0 Å². The molecule has 0 aliphatic heterocycles. The Hall–Kier alpha value is -2.70. The number of carbonyl (C=O) groups excluding carboxylic acids is 2. The molecule has 0 aliphatic carbocycles. The summed E-state index contributed by atoms with van der Waals surface area (Å²) in [5.41, 5.74) is 0. The van der Waals surface area contributed by atoms with Crippen LogP contribution in [0, 0.1) is 0 Å². The van der Waals surface area contributed by atoms with Gasteiger partial charge in [0.15, 0.2) is 0 Å². The maximum absolute atomic E-state index is 13.2. The molecule has 0 saturated carbocycles. The van der Waals surface area contributed by atoms with Crippen LogP contribution in [-0.2, 0) is 14.3 Å². The maximum atomic E-state index is 13.2. The monoisotopic (exact) mass is 908 g/mol. The summed E-state index contributed by atoms with van der Waals surface area (Å²) in [6.45, 7) is 6.41. The third-order valence-corrected chi connectivity index (χ3v) is 12.3. The van der Waals surface area contributed by atoms with Crippen molar-refractivity contribution in [2.75, 3.05) is 6.61 Å². The summed E-state index contributed by atoms with van der Waals surface area (Å²) in [5.74, 6) is -0.588. The molecule has 3 atom stereocenters. The van der Waals surface area contributed by atoms with E-state index in [0.29, 0.717) is 19.3 Å². The van der Waals surface area contributed by atoms with E-state index in [1.54, 1.807) is 0 Å². The van der Waals surface area contributed by atoms with Gasteiger partial charge in [0.2, 0.25) is 5.91 Å². The van der Waals surface area contributed by atoms with Gasteiger partial charge in [-0.15, -0.1) is 0 Å². The van der Waals surface area contributed by atoms with E-state index in [0.717, 1.165) is 64.2 Å². The molecule has 0 aromatic heterocycles. The Labute approximate surface area is 402 Å². The molecule has 0 saturated heterocycles. The number of ether oxygens (including phenoxy) is 1. The lowest BCUT2D eigenvalue weighted by Gasteiger charge is -2.24. The van der Waals surface area contributed by atoms with Gasteiger partial charge in [-0.05, 0) is 70.6 Å². The minimum absolute atomic E-state index is 0.00484. The lowest BCUT2D eigenvalue weighted by molar-refractivity contribution is -0.150. The van der Waals surface area contributed by atoms with E-state index in [4.69, 9.17) is 4.74 Å². The highest BCUT2D eigenvalue weighted by molar-refractivity contribution is 5.77. The Bertz CT molecular complexity index is 1200. The summed E-state index contributed by atoms with van der Waals surface area (Å²) in [5, 5.41) is 23.8. The number of unbranched alkanes of at least 4 members (excludes halogenated alkanes) is 27. The average molecular weight is 908 g/mol. The van der Waals surface area contributed by atoms with Crippen molar-refractivity contribution in [3.63, 3.8) is 0 Å². The third kappa shape index (κ3) is 47.6. The van der Waals surface area contributed by atoms with Gasteiger partial charge in [0.25, 0.3) is 0 Å². The number of rotatable bonds is 49. The second kappa shape index (κ2) is 52.3. The van der Waals surface area contributed by atoms with Gasteiger partial charge in [0, 0.05) is 12.8 Å². The summed E-state index contributed by atoms with van der Waals surface area (Å²) < 4.78 is 5.88. The van der Waals surface area contributed by atoms with Crippen LogP contribution >= 0.6 is 0 Å². The molecule has 3 N–H and O–H groups in total. The molecule has 0 heterocycles. The van der Waals surface area contributed by atoms with Gasteiger partial charge in [0.05, 0.1) is 25.2 Å². The van der Waals surface area contributed by atoms with Gasteiger partial charge >= 0.3 is 5.97 Å². The van der Waals surface area contributed by atoms with Crippen molar-refractivity contribution in [3.05, 3.63) is 72.9 Å². The van der Waals surface area contributed by atoms with Crippen LogP contribution < -0.4 is 5.32 Å². The summed E-state index contributed by atoms with van der Waals surface area (Å²) in [7, 11) is 0. The third-order valence-electron chi connectivity index (χ3n) is 12.3. The number of aliphatic hydroxyl groups excluding tert-OH is 2. The summed E-state index contributed by atoms with van der Waals surface area (Å²) in [6.07, 6.45) is 66.9. The number of nitrogens with one attached hydrogen (secondary N) is 1. The van der Waals surface area contributed by atoms with Gasteiger partial charge in [0.1, 0.15) is 6.10 Å². The molecular formula is C59H105NO5. The predicted octanol–water partition coefficient (Wildman–Crippen LogP) is 17.0. The normalized spacial score (nSPS) is 13.7. The van der Waals surface area contributed by atoms with Crippen molar-refractivity contribution in [1.29, 1.82) is 0 Å². The topological polar surface area (TPSA) is 95.9 Å². The van der Waals surface area contributed by atoms with Crippen molar-refractivity contribution >= 4 is 11.9 Å². The standard InChI is InChI=1S/C59H105NO5/c1-4-7-10-13-16-19-22-25-28-31-33-36-39-42-45-48-51-57(62)56(54-61)60-58(63)53-55(50-47-44-41-38-35-32-29-26-23-20-17-14-11-8-5-2)65-59(64)52-49-46-43-40-37-34-30-27-24-21-18-15-12-9-6-3/h17-18,20-21,24,26-27,29,35,38,44,47,55-57,61-62H,4-16,19,22-23,25,28,30-34,36-37,39-43,45-46,48-54H2,1-3H3,(H,60,63)/b20-17-,21-18+,27-24+,29-26-,38-35-,47-44-. The Balaban J connectivity index is 4.68. The second-order valence-electron chi connectivity index (χ2n) is 18.7. The molecule has 0 aromatic carbocycles. The molecule has 0 aliphatic rings. The fourth-order valence-electron chi connectivity index (χ4n) is 8.05. The molecule has 3 unspecified atom stereocenters. The highest BCUT2D eigenvalue weighted by Crippen LogP contribution is 2.17. The highest BCUT2D eigenvalue weighted by Gasteiger charge is 2.23. The van der Waals surface area contributed by atoms with Crippen LogP contribution in [0.15, 0.2) is 72.9 Å². The summed E-state index contributed by atoms with van der Waals surface area (Å²) in [4.78, 5) is 26.2. The van der Waals surface area contributed by atoms with E-state index >= 15 is 0 Å². The lowest BCUT2D eigenvalue weighted by atomic mass is 10.0. The fourth-order valence-corrected chi connectivity index (χ4v) is 8.05. The zero-order valence-electron chi connectivity index (χ0n) is 42.9. The molecule has 0 fully saturated rings. The van der Waals surface area contributed by atoms with Crippen LogP contribution in [0.25, 0.3) is 0 Å². The molecule has 0 spiro atoms. The molecule has 0 aromatic rings. The zero-order valence-corrected chi connectivity index (χ0v) is 42.9. The molecule has 0 rings (SSSR count). The molecular weight excluding hydrogens is 803 g/mol. The fraction of sp³-hybridized carbons (Fsp3) is 0.763. The van der Waals surface area contributed by atoms with E-state index < -0.39 is 18.2 Å². The molecule has 1 amide bonds. The van der Waals surface area contributed by atoms with Crippen molar-refractivity contribution in [2.24, 2.45) is 0 Å². The highest BCUT2D eigenvalue weighted by atomic mass is 16.5. The molecule has 0 radical (unpaired) electrons. The van der Waals surface area contributed by atoms with Crippen LogP contribution in [0.5, 0.6) is 0 Å². The number of esters is 1. The minimum atomic E-state index is -0.816. The van der Waals surface area contributed by atoms with Gasteiger partial charge in [-0.2, -0.15) is 0 Å². The quantitative estimate of drug-likeness (QED) is 0.0245. The largest absolute Gasteiger partial charge is 0.461 e. The van der Waals surface area contributed by atoms with E-state index in [1.807, 2.05) is 6.08 Å². The number of allylic oxidation sites excluding steroid dienone is 11. The lowest BCUT2D eigenvalue weighted by Crippen LogP contribution is -2.46. The molecule has 6 heteroatoms. The van der Waals surface area contributed by atoms with E-state index in [-0.39, 0.29) is 24.9 Å². The van der Waals surface area contributed by atoms with Gasteiger partial charge < -0.3 is 20.3 Å². The minimum Gasteiger partial charge on any atom is -0.461 e.